The number of anilines is 3. The summed E-state index contributed by atoms with van der Waals surface area (Å²) in [4.78, 5) is 15.2. The third-order valence-corrected chi connectivity index (χ3v) is 5.11. The van der Waals surface area contributed by atoms with Crippen LogP contribution in [0.4, 0.5) is 17.5 Å². The number of rotatable bonds is 4. The van der Waals surface area contributed by atoms with Crippen molar-refractivity contribution in [2.24, 2.45) is 0 Å². The monoisotopic (exact) mass is 402 g/mol. The van der Waals surface area contributed by atoms with E-state index < -0.39 is 0 Å². The van der Waals surface area contributed by atoms with Crippen LogP contribution in [0.3, 0.4) is 0 Å². The summed E-state index contributed by atoms with van der Waals surface area (Å²) < 4.78 is 1.81. The minimum Gasteiger partial charge on any atom is -0.508 e. The van der Waals surface area contributed by atoms with Crippen molar-refractivity contribution in [2.75, 3.05) is 36.4 Å². The Kier molecular flexibility index (Phi) is 4.86. The van der Waals surface area contributed by atoms with Gasteiger partial charge in [0, 0.05) is 55.7 Å². The van der Waals surface area contributed by atoms with Crippen molar-refractivity contribution in [3.63, 3.8) is 0 Å². The van der Waals surface area contributed by atoms with Gasteiger partial charge in [-0.15, -0.1) is 5.10 Å². The summed E-state index contributed by atoms with van der Waals surface area (Å²) in [7, 11) is 0. The topological polar surface area (TPSA) is 104 Å². The summed E-state index contributed by atoms with van der Waals surface area (Å²) >= 11 is 0. The molecule has 0 saturated carbocycles. The first kappa shape index (κ1) is 18.3. The van der Waals surface area contributed by atoms with E-state index >= 15 is 0 Å². The van der Waals surface area contributed by atoms with Gasteiger partial charge in [-0.05, 0) is 31.2 Å². The van der Waals surface area contributed by atoms with E-state index in [0.717, 1.165) is 55.0 Å². The Labute approximate surface area is 173 Å². The van der Waals surface area contributed by atoms with Crippen molar-refractivity contribution < 1.29 is 5.11 Å². The Morgan fingerprint density at radius 3 is 2.87 bits per heavy atom. The summed E-state index contributed by atoms with van der Waals surface area (Å²) in [5.74, 6) is 2.35. The quantitative estimate of drug-likeness (QED) is 0.478. The first-order chi connectivity index (χ1) is 14.8. The first-order valence-corrected chi connectivity index (χ1v) is 9.95. The maximum atomic E-state index is 10.1. The number of phenols is 1. The van der Waals surface area contributed by atoms with Crippen LogP contribution in [-0.2, 0) is 0 Å². The first-order valence-electron chi connectivity index (χ1n) is 9.95. The Morgan fingerprint density at radius 1 is 1.00 bits per heavy atom. The number of hydrogen-bond acceptors (Lipinski definition) is 8. The van der Waals surface area contributed by atoms with Crippen LogP contribution < -0.4 is 15.5 Å². The van der Waals surface area contributed by atoms with Gasteiger partial charge >= 0.3 is 0 Å². The van der Waals surface area contributed by atoms with Gasteiger partial charge in [-0.1, -0.05) is 0 Å². The molecule has 4 aromatic rings. The number of benzene rings is 1. The molecule has 1 saturated heterocycles. The van der Waals surface area contributed by atoms with E-state index in [1.165, 1.54) is 0 Å². The van der Waals surface area contributed by atoms with Gasteiger partial charge in [0.25, 0.3) is 0 Å². The lowest BCUT2D eigenvalue weighted by molar-refractivity contribution is 0.476. The molecule has 1 aliphatic heterocycles. The molecule has 5 rings (SSSR count). The molecule has 0 amide bonds. The van der Waals surface area contributed by atoms with Crippen molar-refractivity contribution in [1.82, 2.24) is 30.0 Å². The van der Waals surface area contributed by atoms with E-state index in [0.29, 0.717) is 11.6 Å². The number of aromatic hydroxyl groups is 1. The van der Waals surface area contributed by atoms with Gasteiger partial charge in [0.1, 0.15) is 17.4 Å². The standard InChI is InChI=1S/C21H22N8O/c30-16-2-3-17-18(13-16)29(27-21(17)26-19-14-23-7-8-24-19)15-4-6-25-20(12-15)28-10-1-5-22-9-11-28/h2-4,6-8,12-14,22,30H,1,5,9-11H2,(H,24,26,27). The zero-order valence-corrected chi connectivity index (χ0v) is 16.4. The highest BCUT2D eigenvalue weighted by Gasteiger charge is 2.16. The fraction of sp³-hybridized carbons (Fsp3) is 0.238. The minimum absolute atomic E-state index is 0.183. The summed E-state index contributed by atoms with van der Waals surface area (Å²) in [5.41, 5.74) is 1.66. The maximum absolute atomic E-state index is 10.1. The van der Waals surface area contributed by atoms with Gasteiger partial charge in [-0.2, -0.15) is 0 Å². The predicted molar refractivity (Wildman–Crippen MR) is 116 cm³/mol. The summed E-state index contributed by atoms with van der Waals surface area (Å²) in [5, 5.41) is 22.4. The summed E-state index contributed by atoms with van der Waals surface area (Å²) in [6, 6.07) is 9.16. The zero-order valence-electron chi connectivity index (χ0n) is 16.4. The van der Waals surface area contributed by atoms with Gasteiger partial charge in [-0.3, -0.25) is 4.98 Å². The molecule has 1 aliphatic rings. The zero-order chi connectivity index (χ0) is 20.3. The van der Waals surface area contributed by atoms with Gasteiger partial charge < -0.3 is 20.6 Å². The molecule has 9 nitrogen and oxygen atoms in total. The van der Waals surface area contributed by atoms with E-state index in [9.17, 15) is 5.11 Å². The molecule has 3 aromatic heterocycles. The van der Waals surface area contributed by atoms with Crippen LogP contribution in [-0.4, -0.2) is 56.0 Å². The van der Waals surface area contributed by atoms with Gasteiger partial charge in [-0.25, -0.2) is 14.6 Å². The molecule has 1 aromatic carbocycles. The summed E-state index contributed by atoms with van der Waals surface area (Å²) in [6.45, 7) is 3.84. The number of pyridine rings is 1. The Bertz CT molecular complexity index is 1150. The second-order valence-electron chi connectivity index (χ2n) is 7.14. The SMILES string of the molecule is Oc1ccc2c(Nc3cnccn3)nn(-c3ccnc(N4CCCNCC4)c3)c2c1. The molecule has 0 unspecified atom stereocenters. The smallest absolute Gasteiger partial charge is 0.162 e. The van der Waals surface area contributed by atoms with E-state index in [-0.39, 0.29) is 5.75 Å². The fourth-order valence-corrected chi connectivity index (χ4v) is 3.66. The lowest BCUT2D eigenvalue weighted by atomic mass is 10.2. The normalized spacial score (nSPS) is 14.6. The molecule has 0 spiro atoms. The number of fused-ring (bicyclic) bond motifs is 1. The molecule has 0 aliphatic carbocycles. The van der Waals surface area contributed by atoms with Crippen molar-refractivity contribution in [3.8, 4) is 11.4 Å². The molecule has 0 radical (unpaired) electrons. The summed E-state index contributed by atoms with van der Waals surface area (Å²) in [6.07, 6.45) is 7.77. The number of nitrogens with one attached hydrogen (secondary N) is 2. The van der Waals surface area contributed by atoms with E-state index in [4.69, 9.17) is 5.10 Å². The van der Waals surface area contributed by atoms with Crippen LogP contribution in [0.25, 0.3) is 16.6 Å². The van der Waals surface area contributed by atoms with Crippen LogP contribution in [0.15, 0.2) is 55.1 Å². The number of aromatic nitrogens is 5. The number of nitrogens with zero attached hydrogens (tertiary/aromatic N) is 6. The van der Waals surface area contributed by atoms with Crippen molar-refractivity contribution >= 4 is 28.4 Å². The van der Waals surface area contributed by atoms with E-state index in [1.807, 2.05) is 22.9 Å². The average molecular weight is 402 g/mol. The number of phenolic OH excluding ortho intramolecular Hbond substituents is 1. The molecular formula is C21H22N8O. The second kappa shape index (κ2) is 7.96. The third-order valence-electron chi connectivity index (χ3n) is 5.11. The van der Waals surface area contributed by atoms with Gasteiger partial charge in [0.15, 0.2) is 5.82 Å². The van der Waals surface area contributed by atoms with E-state index in [2.05, 4.69) is 30.5 Å². The molecule has 1 fully saturated rings. The van der Waals surface area contributed by atoms with Crippen molar-refractivity contribution in [1.29, 1.82) is 0 Å². The van der Waals surface area contributed by atoms with Crippen LogP contribution >= 0.6 is 0 Å². The lowest BCUT2D eigenvalue weighted by Gasteiger charge is -2.21. The average Bonchev–Trinajstić information content (AvgIpc) is 2.94. The predicted octanol–water partition coefficient (Wildman–Crippen LogP) is 2.46. The second-order valence-corrected chi connectivity index (χ2v) is 7.14. The van der Waals surface area contributed by atoms with Crippen molar-refractivity contribution in [3.05, 3.63) is 55.1 Å². The minimum atomic E-state index is 0.183. The van der Waals surface area contributed by atoms with Crippen LogP contribution in [0.1, 0.15) is 6.42 Å². The molecule has 0 bridgehead atoms. The Hall–Kier alpha value is -3.72. The lowest BCUT2D eigenvalue weighted by Crippen LogP contribution is -2.28. The molecule has 152 valence electrons. The van der Waals surface area contributed by atoms with Gasteiger partial charge in [0.2, 0.25) is 0 Å². The highest BCUT2D eigenvalue weighted by atomic mass is 16.3. The Morgan fingerprint density at radius 2 is 1.97 bits per heavy atom. The number of hydrogen-bond donors (Lipinski definition) is 3. The molecule has 0 atom stereocenters. The largest absolute Gasteiger partial charge is 0.508 e. The Balaban J connectivity index is 1.57. The van der Waals surface area contributed by atoms with Crippen molar-refractivity contribution in [2.45, 2.75) is 6.42 Å². The third kappa shape index (κ3) is 3.62. The molecule has 9 heteroatoms. The molecule has 30 heavy (non-hydrogen) atoms. The highest BCUT2D eigenvalue weighted by Crippen LogP contribution is 2.30. The van der Waals surface area contributed by atoms with E-state index in [1.54, 1.807) is 36.9 Å². The van der Waals surface area contributed by atoms with Gasteiger partial charge in [0.05, 0.1) is 17.4 Å². The molecule has 3 N–H and O–H groups in total. The van der Waals surface area contributed by atoms with Crippen LogP contribution in [0, 0.1) is 0 Å². The molecular weight excluding hydrogens is 380 g/mol. The highest BCUT2D eigenvalue weighted by molar-refractivity contribution is 5.93. The van der Waals surface area contributed by atoms with Crippen LogP contribution in [0.5, 0.6) is 5.75 Å². The molecule has 4 heterocycles. The van der Waals surface area contributed by atoms with Crippen LogP contribution in [0.2, 0.25) is 0 Å². The maximum Gasteiger partial charge on any atom is 0.162 e. The fourth-order valence-electron chi connectivity index (χ4n) is 3.66.